The number of hydrogen-bond donors (Lipinski definition) is 3. The first-order valence-electron chi connectivity index (χ1n) is 12.4. The lowest BCUT2D eigenvalue weighted by Gasteiger charge is -2.49. The molecule has 3 N–H and O–H groups in total. The average molecular weight is 555 g/mol. The number of ketones is 1. The zero-order valence-corrected chi connectivity index (χ0v) is 21.4. The maximum absolute atomic E-state index is 14.0. The predicted octanol–water partition coefficient (Wildman–Crippen LogP) is 2.85. The zero-order valence-electron chi connectivity index (χ0n) is 21.4. The highest BCUT2D eigenvalue weighted by Gasteiger charge is 2.61. The standard InChI is InChI=1S/C25H27F5N6O3/c1-12-18(22(38)31-13-7-14(26)19(28)15(27)8-13)16-5-4-6-36(16)20(12)21(37)23(39)32-24(10-25(29,30)11-24)17-9-34(2)33-35(17)3/h7,9,15,33H,4-6,8,10-11H2,1-3H3,(H,31,38)(H,32,39). The molecule has 2 aliphatic carbocycles. The van der Waals surface area contributed by atoms with E-state index in [9.17, 15) is 36.3 Å². The van der Waals surface area contributed by atoms with Gasteiger partial charge in [0, 0.05) is 57.5 Å². The van der Waals surface area contributed by atoms with Gasteiger partial charge in [0.05, 0.1) is 22.5 Å². The summed E-state index contributed by atoms with van der Waals surface area (Å²) >= 11 is 0. The fourth-order valence-electron chi connectivity index (χ4n) is 5.90. The number of likely N-dealkylation sites (N-methyl/N-ethyl adjacent to an activating group) is 1. The van der Waals surface area contributed by atoms with Crippen molar-refractivity contribution in [1.82, 2.24) is 30.8 Å². The summed E-state index contributed by atoms with van der Waals surface area (Å²) < 4.78 is 70.5. The molecule has 2 aliphatic heterocycles. The number of rotatable bonds is 6. The van der Waals surface area contributed by atoms with E-state index in [0.717, 1.165) is 0 Å². The van der Waals surface area contributed by atoms with Crippen LogP contribution in [0.25, 0.3) is 0 Å². The Kier molecular flexibility index (Phi) is 6.35. The molecule has 14 heteroatoms. The molecule has 1 aromatic rings. The van der Waals surface area contributed by atoms with Gasteiger partial charge in [-0.15, -0.1) is 5.53 Å². The second kappa shape index (κ2) is 9.21. The monoisotopic (exact) mass is 554 g/mol. The van der Waals surface area contributed by atoms with Crippen molar-refractivity contribution in [3.63, 3.8) is 0 Å². The minimum Gasteiger partial charge on any atom is -0.341 e. The van der Waals surface area contributed by atoms with Gasteiger partial charge < -0.3 is 15.2 Å². The Hall–Kier alpha value is -3.68. The van der Waals surface area contributed by atoms with Crippen molar-refractivity contribution in [1.29, 1.82) is 0 Å². The third-order valence-electron chi connectivity index (χ3n) is 7.48. The number of nitrogens with zero attached hydrogens (tertiary/aromatic N) is 3. The van der Waals surface area contributed by atoms with Crippen LogP contribution < -0.4 is 16.2 Å². The molecule has 3 heterocycles. The Morgan fingerprint density at radius 3 is 2.44 bits per heavy atom. The molecule has 1 atom stereocenters. The number of alkyl halides is 3. The summed E-state index contributed by atoms with van der Waals surface area (Å²) in [6, 6.07) is 0. The highest BCUT2D eigenvalue weighted by atomic mass is 19.3. The van der Waals surface area contributed by atoms with Crippen LogP contribution in [0.1, 0.15) is 57.8 Å². The van der Waals surface area contributed by atoms with Gasteiger partial charge in [-0.2, -0.15) is 0 Å². The highest BCUT2D eigenvalue weighted by molar-refractivity contribution is 6.43. The Labute approximate surface area is 220 Å². The van der Waals surface area contributed by atoms with Gasteiger partial charge in [0.15, 0.2) is 17.8 Å². The van der Waals surface area contributed by atoms with E-state index in [4.69, 9.17) is 0 Å². The SMILES string of the molecule is Cc1c(C(=O)NC2=CC(F)=C(F)C(F)C2)c2n(c1C(=O)C(=O)NC1(C3=CN(C)NN3C)CC(F)(F)C1)CCC2. The summed E-state index contributed by atoms with van der Waals surface area (Å²) in [5.74, 6) is -8.85. The minimum absolute atomic E-state index is 0.0616. The van der Waals surface area contributed by atoms with Crippen molar-refractivity contribution in [2.45, 2.75) is 63.2 Å². The van der Waals surface area contributed by atoms with Crippen molar-refractivity contribution in [2.75, 3.05) is 14.1 Å². The average Bonchev–Trinajstić information content (AvgIpc) is 3.48. The molecule has 1 fully saturated rings. The van der Waals surface area contributed by atoms with Crippen LogP contribution in [0.2, 0.25) is 0 Å². The Balaban J connectivity index is 1.42. The lowest BCUT2D eigenvalue weighted by molar-refractivity contribution is -0.141. The Morgan fingerprint density at radius 2 is 1.85 bits per heavy atom. The molecule has 0 spiro atoms. The van der Waals surface area contributed by atoms with Crippen LogP contribution in [0, 0.1) is 6.92 Å². The number of carbonyl (C=O) groups is 3. The number of carbonyl (C=O) groups excluding carboxylic acids is 3. The van der Waals surface area contributed by atoms with Gasteiger partial charge in [-0.05, 0) is 31.4 Å². The molecule has 5 rings (SSSR count). The van der Waals surface area contributed by atoms with E-state index in [1.807, 2.05) is 0 Å². The molecule has 1 aromatic heterocycles. The molecule has 2 amide bonds. The molecular weight excluding hydrogens is 527 g/mol. The smallest absolute Gasteiger partial charge is 0.294 e. The van der Waals surface area contributed by atoms with E-state index in [1.54, 1.807) is 20.3 Å². The number of Topliss-reactive ketones (excluding diaryl/α,β-unsaturated/α-hetero) is 1. The zero-order chi connectivity index (χ0) is 28.4. The number of hydrogen-bond acceptors (Lipinski definition) is 6. The van der Waals surface area contributed by atoms with Crippen molar-refractivity contribution < 1.29 is 36.3 Å². The molecule has 0 bridgehead atoms. The minimum atomic E-state index is -3.03. The lowest BCUT2D eigenvalue weighted by atomic mass is 9.70. The predicted molar refractivity (Wildman–Crippen MR) is 128 cm³/mol. The summed E-state index contributed by atoms with van der Waals surface area (Å²) in [6.45, 7) is 1.80. The van der Waals surface area contributed by atoms with E-state index in [-0.39, 0.29) is 22.5 Å². The second-order valence-corrected chi connectivity index (χ2v) is 10.4. The Morgan fingerprint density at radius 1 is 1.15 bits per heavy atom. The number of allylic oxidation sites excluding steroid dienone is 4. The van der Waals surface area contributed by atoms with Gasteiger partial charge in [-0.25, -0.2) is 22.0 Å². The van der Waals surface area contributed by atoms with Crippen molar-refractivity contribution in [2.24, 2.45) is 0 Å². The quantitative estimate of drug-likeness (QED) is 0.284. The largest absolute Gasteiger partial charge is 0.341 e. The van der Waals surface area contributed by atoms with Gasteiger partial charge in [0.2, 0.25) is 0 Å². The third kappa shape index (κ3) is 4.49. The first-order valence-corrected chi connectivity index (χ1v) is 12.4. The molecule has 1 saturated carbocycles. The molecule has 0 saturated heterocycles. The van der Waals surface area contributed by atoms with E-state index in [0.29, 0.717) is 36.9 Å². The molecular formula is C25H27F5N6O3. The van der Waals surface area contributed by atoms with E-state index < -0.39 is 66.1 Å². The van der Waals surface area contributed by atoms with Crippen LogP contribution in [0.3, 0.4) is 0 Å². The van der Waals surface area contributed by atoms with Crippen LogP contribution >= 0.6 is 0 Å². The van der Waals surface area contributed by atoms with Crippen molar-refractivity contribution in [3.8, 4) is 0 Å². The first-order chi connectivity index (χ1) is 18.2. The van der Waals surface area contributed by atoms with E-state index >= 15 is 0 Å². The van der Waals surface area contributed by atoms with Crippen molar-refractivity contribution >= 4 is 17.6 Å². The third-order valence-corrected chi connectivity index (χ3v) is 7.48. The summed E-state index contributed by atoms with van der Waals surface area (Å²) in [5.41, 5.74) is 2.22. The maximum Gasteiger partial charge on any atom is 0.294 e. The first kappa shape index (κ1) is 26.9. The lowest BCUT2D eigenvalue weighted by Crippen LogP contribution is -2.66. The molecule has 210 valence electrons. The number of halogens is 5. The van der Waals surface area contributed by atoms with Gasteiger partial charge in [0.1, 0.15) is 0 Å². The van der Waals surface area contributed by atoms with Crippen LogP contribution in [-0.2, 0) is 17.8 Å². The number of nitrogens with one attached hydrogen (secondary N) is 3. The highest BCUT2D eigenvalue weighted by Crippen LogP contribution is 2.50. The van der Waals surface area contributed by atoms with E-state index in [1.165, 1.54) is 21.5 Å². The van der Waals surface area contributed by atoms with Gasteiger partial charge in [-0.1, -0.05) is 0 Å². The molecule has 0 aromatic carbocycles. The van der Waals surface area contributed by atoms with Crippen LogP contribution in [0.4, 0.5) is 22.0 Å². The molecule has 1 unspecified atom stereocenters. The van der Waals surface area contributed by atoms with Gasteiger partial charge in [0.25, 0.3) is 23.5 Å². The summed E-state index contributed by atoms with van der Waals surface area (Å²) in [5, 5.41) is 7.92. The Bertz CT molecular complexity index is 1370. The van der Waals surface area contributed by atoms with Gasteiger partial charge >= 0.3 is 0 Å². The molecule has 9 nitrogen and oxygen atoms in total. The summed E-state index contributed by atoms with van der Waals surface area (Å²) in [6.07, 6.45) is -0.978. The van der Waals surface area contributed by atoms with Crippen LogP contribution in [0.5, 0.6) is 0 Å². The topological polar surface area (TPSA) is 98.7 Å². The number of fused-ring (bicyclic) bond motifs is 1. The number of amides is 2. The van der Waals surface area contributed by atoms with E-state index in [2.05, 4.69) is 16.2 Å². The van der Waals surface area contributed by atoms with Crippen LogP contribution in [-0.4, -0.2) is 63.9 Å². The van der Waals surface area contributed by atoms with Gasteiger partial charge in [-0.3, -0.25) is 24.4 Å². The summed E-state index contributed by atoms with van der Waals surface area (Å²) in [4.78, 5) is 39.8. The fourth-order valence-corrected chi connectivity index (χ4v) is 5.90. The molecule has 0 radical (unpaired) electrons. The summed E-state index contributed by atoms with van der Waals surface area (Å²) in [7, 11) is 3.25. The second-order valence-electron chi connectivity index (χ2n) is 10.4. The maximum atomic E-state index is 14.0. The van der Waals surface area contributed by atoms with Crippen molar-refractivity contribution in [3.05, 3.63) is 57.8 Å². The number of hydrazine groups is 2. The fraction of sp³-hybridized carbons (Fsp3) is 0.480. The number of aromatic nitrogens is 1. The normalized spacial score (nSPS) is 23.2. The van der Waals surface area contributed by atoms with Crippen LogP contribution in [0.15, 0.2) is 35.3 Å². The molecule has 4 aliphatic rings. The molecule has 39 heavy (non-hydrogen) atoms.